The van der Waals surface area contributed by atoms with Crippen LogP contribution in [-0.4, -0.2) is 14.1 Å². The molecule has 0 aliphatic rings. The molecule has 0 aliphatic carbocycles. The lowest BCUT2D eigenvalue weighted by atomic mass is 10.1. The van der Waals surface area contributed by atoms with E-state index in [0.717, 1.165) is 31.4 Å². The molecule has 0 spiro atoms. The van der Waals surface area contributed by atoms with Crippen molar-refractivity contribution in [1.82, 2.24) is 0 Å². The molecule has 0 unspecified atom stereocenters. The summed E-state index contributed by atoms with van der Waals surface area (Å²) < 4.78 is 2.05. The van der Waals surface area contributed by atoms with Crippen molar-refractivity contribution in [2.75, 3.05) is 19.0 Å². The molecular formula is C17H15NOS. The van der Waals surface area contributed by atoms with E-state index in [1.54, 1.807) is 17.4 Å². The van der Waals surface area contributed by atoms with Gasteiger partial charge in [-0.2, -0.15) is 0 Å². The molecule has 3 aromatic rings. The van der Waals surface area contributed by atoms with Crippen molar-refractivity contribution in [1.29, 1.82) is 0 Å². The fourth-order valence-electron chi connectivity index (χ4n) is 2.27. The minimum Gasteiger partial charge on any atom is -0.378 e. The van der Waals surface area contributed by atoms with E-state index in [4.69, 9.17) is 0 Å². The first-order valence-electron chi connectivity index (χ1n) is 6.40. The van der Waals surface area contributed by atoms with Crippen LogP contribution in [0.3, 0.4) is 0 Å². The van der Waals surface area contributed by atoms with E-state index in [9.17, 15) is 4.79 Å². The summed E-state index contributed by atoms with van der Waals surface area (Å²) in [5.74, 6) is 0. The topological polar surface area (TPSA) is 20.3 Å². The smallest absolute Gasteiger partial charge is 0.195 e. The minimum absolute atomic E-state index is 0.0983. The highest BCUT2D eigenvalue weighted by Crippen LogP contribution is 2.28. The van der Waals surface area contributed by atoms with Gasteiger partial charge in [-0.25, -0.2) is 0 Å². The van der Waals surface area contributed by atoms with Gasteiger partial charge in [0.05, 0.1) is 0 Å². The summed E-state index contributed by atoms with van der Waals surface area (Å²) in [6.45, 7) is 3.76. The molecular weight excluding hydrogens is 266 g/mol. The molecule has 1 heterocycles. The highest BCUT2D eigenvalue weighted by molar-refractivity contribution is 7.24. The number of hydrogen-bond donors (Lipinski definition) is 0. The third kappa shape index (κ3) is 2.00. The maximum atomic E-state index is 12.7. The van der Waals surface area contributed by atoms with Crippen molar-refractivity contribution in [3.05, 3.63) is 58.8 Å². The van der Waals surface area contributed by atoms with E-state index in [-0.39, 0.29) is 5.43 Å². The van der Waals surface area contributed by atoms with Crippen molar-refractivity contribution >= 4 is 43.3 Å². The van der Waals surface area contributed by atoms with Crippen LogP contribution in [0, 0.1) is 0 Å². The van der Waals surface area contributed by atoms with Gasteiger partial charge in [0.1, 0.15) is 0 Å². The molecule has 1 aromatic heterocycles. The number of nitrogens with zero attached hydrogens (tertiary/aromatic N) is 1. The maximum Gasteiger partial charge on any atom is 0.195 e. The monoisotopic (exact) mass is 281 g/mol. The second-order valence-corrected chi connectivity index (χ2v) is 6.05. The molecule has 0 radical (unpaired) electrons. The molecule has 0 amide bonds. The van der Waals surface area contributed by atoms with Gasteiger partial charge in [0.2, 0.25) is 0 Å². The Morgan fingerprint density at radius 3 is 2.35 bits per heavy atom. The molecule has 100 valence electrons. The standard InChI is InChI=1S/C17H15NOS/c1-4-11-5-7-15-13(9-11)17(19)14-10-12(18(2)3)6-8-16(14)20-15/h4-10H,1H2,2-3H3. The van der Waals surface area contributed by atoms with Crippen LogP contribution in [0.15, 0.2) is 47.8 Å². The number of fused-ring (bicyclic) bond motifs is 2. The van der Waals surface area contributed by atoms with Gasteiger partial charge in [-0.15, -0.1) is 11.3 Å². The number of benzene rings is 2. The summed E-state index contributed by atoms with van der Waals surface area (Å²) in [4.78, 5) is 14.7. The highest BCUT2D eigenvalue weighted by atomic mass is 32.1. The van der Waals surface area contributed by atoms with Crippen LogP contribution in [0.5, 0.6) is 0 Å². The van der Waals surface area contributed by atoms with Gasteiger partial charge < -0.3 is 4.90 Å². The van der Waals surface area contributed by atoms with Crippen LogP contribution in [-0.2, 0) is 0 Å². The molecule has 0 fully saturated rings. The van der Waals surface area contributed by atoms with Crippen LogP contribution in [0.1, 0.15) is 5.56 Å². The largest absolute Gasteiger partial charge is 0.378 e. The molecule has 0 N–H and O–H groups in total. The predicted molar refractivity (Wildman–Crippen MR) is 90.0 cm³/mol. The minimum atomic E-state index is 0.0983. The zero-order chi connectivity index (χ0) is 14.3. The Bertz CT molecular complexity index is 877. The zero-order valence-electron chi connectivity index (χ0n) is 11.5. The van der Waals surface area contributed by atoms with Crippen LogP contribution in [0.2, 0.25) is 0 Å². The average molecular weight is 281 g/mol. The fraction of sp³-hybridized carbons (Fsp3) is 0.118. The first kappa shape index (κ1) is 12.9. The van der Waals surface area contributed by atoms with Crippen LogP contribution in [0.25, 0.3) is 26.2 Å². The first-order chi connectivity index (χ1) is 9.60. The average Bonchev–Trinajstić information content (AvgIpc) is 2.47. The van der Waals surface area contributed by atoms with Crippen molar-refractivity contribution in [3.8, 4) is 0 Å². The lowest BCUT2D eigenvalue weighted by Gasteiger charge is -2.12. The molecule has 3 rings (SSSR count). The van der Waals surface area contributed by atoms with Gasteiger partial charge >= 0.3 is 0 Å². The Labute approximate surface area is 121 Å². The Morgan fingerprint density at radius 1 is 1.05 bits per heavy atom. The fourth-order valence-corrected chi connectivity index (χ4v) is 3.30. The lowest BCUT2D eigenvalue weighted by Crippen LogP contribution is -2.09. The summed E-state index contributed by atoms with van der Waals surface area (Å²) in [6, 6.07) is 11.9. The molecule has 0 bridgehead atoms. The van der Waals surface area contributed by atoms with E-state index in [2.05, 4.69) is 6.58 Å². The number of rotatable bonds is 2. The Morgan fingerprint density at radius 2 is 1.70 bits per heavy atom. The number of anilines is 1. The van der Waals surface area contributed by atoms with Crippen LogP contribution in [0.4, 0.5) is 5.69 Å². The van der Waals surface area contributed by atoms with Crippen LogP contribution < -0.4 is 10.3 Å². The SMILES string of the molecule is C=Cc1ccc2sc3ccc(N(C)C)cc3c(=O)c2c1. The third-order valence-corrected chi connectivity index (χ3v) is 4.58. The Kier molecular flexibility index (Phi) is 3.07. The van der Waals surface area contributed by atoms with Gasteiger partial charge in [0.15, 0.2) is 5.43 Å². The van der Waals surface area contributed by atoms with Gasteiger partial charge in [0, 0.05) is 40.0 Å². The Hall–Kier alpha value is -2.13. The van der Waals surface area contributed by atoms with Gasteiger partial charge in [0.25, 0.3) is 0 Å². The number of hydrogen-bond acceptors (Lipinski definition) is 3. The molecule has 3 heteroatoms. The normalized spacial score (nSPS) is 10.9. The van der Waals surface area contributed by atoms with Crippen LogP contribution >= 0.6 is 11.3 Å². The molecule has 0 atom stereocenters. The Balaban J connectivity index is 2.42. The summed E-state index contributed by atoms with van der Waals surface area (Å²) in [5.41, 5.74) is 2.12. The van der Waals surface area contributed by atoms with Gasteiger partial charge in [-0.3, -0.25) is 4.79 Å². The van der Waals surface area contributed by atoms with E-state index in [0.29, 0.717) is 0 Å². The predicted octanol–water partition coefficient (Wildman–Crippen LogP) is 4.12. The summed E-state index contributed by atoms with van der Waals surface area (Å²) >= 11 is 1.65. The molecule has 2 nitrogen and oxygen atoms in total. The molecule has 0 saturated heterocycles. The van der Waals surface area contributed by atoms with Gasteiger partial charge in [-0.05, 0) is 35.9 Å². The lowest BCUT2D eigenvalue weighted by molar-refractivity contribution is 1.14. The van der Waals surface area contributed by atoms with Gasteiger partial charge in [-0.1, -0.05) is 18.7 Å². The summed E-state index contributed by atoms with van der Waals surface area (Å²) in [6.07, 6.45) is 1.77. The van der Waals surface area contributed by atoms with E-state index in [1.807, 2.05) is 55.4 Å². The zero-order valence-corrected chi connectivity index (χ0v) is 12.3. The molecule has 0 saturated carbocycles. The van der Waals surface area contributed by atoms with Crippen molar-refractivity contribution < 1.29 is 0 Å². The molecule has 20 heavy (non-hydrogen) atoms. The van der Waals surface area contributed by atoms with E-state index in [1.165, 1.54) is 0 Å². The van der Waals surface area contributed by atoms with E-state index < -0.39 is 0 Å². The summed E-state index contributed by atoms with van der Waals surface area (Å²) in [7, 11) is 3.96. The maximum absolute atomic E-state index is 12.7. The highest BCUT2D eigenvalue weighted by Gasteiger charge is 2.07. The molecule has 2 aromatic carbocycles. The van der Waals surface area contributed by atoms with E-state index >= 15 is 0 Å². The quantitative estimate of drug-likeness (QED) is 0.658. The van der Waals surface area contributed by atoms with Crippen molar-refractivity contribution in [2.24, 2.45) is 0 Å². The third-order valence-electron chi connectivity index (χ3n) is 3.43. The second-order valence-electron chi connectivity index (χ2n) is 4.97. The molecule has 0 aliphatic heterocycles. The van der Waals surface area contributed by atoms with Crippen molar-refractivity contribution in [3.63, 3.8) is 0 Å². The first-order valence-corrected chi connectivity index (χ1v) is 7.22. The van der Waals surface area contributed by atoms with Crippen molar-refractivity contribution in [2.45, 2.75) is 0 Å². The second kappa shape index (κ2) is 4.76. The summed E-state index contributed by atoms with van der Waals surface area (Å²) in [5, 5.41) is 1.56.